The van der Waals surface area contributed by atoms with E-state index in [0.29, 0.717) is 11.3 Å². The first kappa shape index (κ1) is 17.2. The Hall–Kier alpha value is -2.60. The minimum Gasteiger partial charge on any atom is -0.496 e. The number of halogens is 1. The molecule has 1 atom stereocenters. The molecule has 1 amide bonds. The summed E-state index contributed by atoms with van der Waals surface area (Å²) in [6.07, 6.45) is 5.38. The normalized spacial score (nSPS) is 11.8. The van der Waals surface area contributed by atoms with Crippen LogP contribution in [0, 0.1) is 0 Å². The monoisotopic (exact) mass is 399 g/mol. The number of imidazole rings is 1. The van der Waals surface area contributed by atoms with E-state index in [1.165, 1.54) is 0 Å². The van der Waals surface area contributed by atoms with E-state index < -0.39 is 0 Å². The molecule has 1 unspecified atom stereocenters. The van der Waals surface area contributed by atoms with E-state index >= 15 is 0 Å². The Kier molecular flexibility index (Phi) is 5.19. The summed E-state index contributed by atoms with van der Waals surface area (Å²) in [7, 11) is 1.59. The number of ether oxygens (including phenoxy) is 1. The third-order valence-electron chi connectivity index (χ3n) is 3.96. The number of aromatic nitrogens is 2. The molecule has 25 heavy (non-hydrogen) atoms. The lowest BCUT2D eigenvalue weighted by atomic mass is 10.1. The maximum Gasteiger partial charge on any atom is 0.251 e. The van der Waals surface area contributed by atoms with Gasteiger partial charge in [-0.05, 0) is 58.7 Å². The molecule has 5 nitrogen and oxygen atoms in total. The molecule has 0 aliphatic rings. The second kappa shape index (κ2) is 7.53. The number of benzene rings is 2. The van der Waals surface area contributed by atoms with Gasteiger partial charge >= 0.3 is 0 Å². The van der Waals surface area contributed by atoms with Gasteiger partial charge < -0.3 is 14.6 Å². The van der Waals surface area contributed by atoms with Gasteiger partial charge in [-0.1, -0.05) is 12.1 Å². The highest BCUT2D eigenvalue weighted by Crippen LogP contribution is 2.26. The topological polar surface area (TPSA) is 56.1 Å². The zero-order valence-electron chi connectivity index (χ0n) is 13.9. The molecule has 0 saturated carbocycles. The molecular weight excluding hydrogens is 382 g/mol. The lowest BCUT2D eigenvalue weighted by molar-refractivity contribution is 0.0940. The average Bonchev–Trinajstić information content (AvgIpc) is 3.16. The van der Waals surface area contributed by atoms with E-state index in [1.807, 2.05) is 42.0 Å². The van der Waals surface area contributed by atoms with Crippen molar-refractivity contribution in [2.24, 2.45) is 0 Å². The van der Waals surface area contributed by atoms with Crippen molar-refractivity contribution in [2.45, 2.75) is 13.0 Å². The molecular formula is C19H18BrN3O2. The second-order valence-corrected chi connectivity index (χ2v) is 6.46. The van der Waals surface area contributed by atoms with Gasteiger partial charge in [0.05, 0.1) is 24.0 Å². The third kappa shape index (κ3) is 3.91. The molecule has 0 saturated heterocycles. The number of carbonyl (C=O) groups is 1. The van der Waals surface area contributed by atoms with Crippen molar-refractivity contribution in [3.63, 3.8) is 0 Å². The van der Waals surface area contributed by atoms with Crippen LogP contribution in [-0.4, -0.2) is 22.6 Å². The minimum absolute atomic E-state index is 0.106. The Bertz CT molecular complexity index is 861. The Morgan fingerprint density at radius 1 is 1.24 bits per heavy atom. The zero-order valence-corrected chi connectivity index (χ0v) is 15.5. The summed E-state index contributed by atoms with van der Waals surface area (Å²) in [5, 5.41) is 3.01. The van der Waals surface area contributed by atoms with Crippen molar-refractivity contribution in [1.29, 1.82) is 0 Å². The predicted molar refractivity (Wildman–Crippen MR) is 100 cm³/mol. The van der Waals surface area contributed by atoms with Gasteiger partial charge in [-0.3, -0.25) is 4.79 Å². The fourth-order valence-electron chi connectivity index (χ4n) is 2.52. The van der Waals surface area contributed by atoms with Crippen molar-refractivity contribution in [3.05, 3.63) is 76.8 Å². The molecule has 3 rings (SSSR count). The van der Waals surface area contributed by atoms with E-state index in [1.54, 1.807) is 37.8 Å². The van der Waals surface area contributed by atoms with Crippen LogP contribution in [0.2, 0.25) is 0 Å². The average molecular weight is 400 g/mol. The molecule has 1 heterocycles. The number of amides is 1. The van der Waals surface area contributed by atoms with Gasteiger partial charge in [-0.15, -0.1) is 0 Å². The summed E-state index contributed by atoms with van der Waals surface area (Å²) in [5.74, 6) is 0.564. The van der Waals surface area contributed by atoms with Crippen LogP contribution in [0.25, 0.3) is 5.69 Å². The van der Waals surface area contributed by atoms with Crippen LogP contribution in [-0.2, 0) is 0 Å². The van der Waals surface area contributed by atoms with Crippen molar-refractivity contribution >= 4 is 21.8 Å². The van der Waals surface area contributed by atoms with Gasteiger partial charge in [0, 0.05) is 23.6 Å². The van der Waals surface area contributed by atoms with Gasteiger partial charge in [0.25, 0.3) is 5.91 Å². The SMILES string of the molecule is COc1ccc(C(=O)NC(C)c2ccc(-n3ccnc3)cc2)cc1Br. The minimum atomic E-state index is -0.130. The second-order valence-electron chi connectivity index (χ2n) is 5.61. The number of carbonyl (C=O) groups excluding carboxylic acids is 1. The fraction of sp³-hybridized carbons (Fsp3) is 0.158. The fourth-order valence-corrected chi connectivity index (χ4v) is 3.06. The van der Waals surface area contributed by atoms with Gasteiger partial charge in [0.2, 0.25) is 0 Å². The van der Waals surface area contributed by atoms with Crippen LogP contribution in [0.3, 0.4) is 0 Å². The molecule has 128 valence electrons. The molecule has 0 aliphatic heterocycles. The van der Waals surface area contributed by atoms with Crippen LogP contribution >= 0.6 is 15.9 Å². The number of nitrogens with one attached hydrogen (secondary N) is 1. The number of methoxy groups -OCH3 is 1. The maximum absolute atomic E-state index is 12.4. The smallest absolute Gasteiger partial charge is 0.251 e. The van der Waals surface area contributed by atoms with Gasteiger partial charge in [-0.2, -0.15) is 0 Å². The largest absolute Gasteiger partial charge is 0.496 e. The van der Waals surface area contributed by atoms with Crippen molar-refractivity contribution in [1.82, 2.24) is 14.9 Å². The van der Waals surface area contributed by atoms with E-state index in [0.717, 1.165) is 15.7 Å². The zero-order chi connectivity index (χ0) is 17.8. The van der Waals surface area contributed by atoms with Crippen LogP contribution in [0.4, 0.5) is 0 Å². The molecule has 1 N–H and O–H groups in total. The first-order valence-electron chi connectivity index (χ1n) is 7.81. The summed E-state index contributed by atoms with van der Waals surface area (Å²) in [6, 6.07) is 13.2. The molecule has 1 aromatic heterocycles. The molecule has 0 bridgehead atoms. The predicted octanol–water partition coefficient (Wildman–Crippen LogP) is 4.13. The summed E-state index contributed by atoms with van der Waals surface area (Å²) >= 11 is 3.40. The van der Waals surface area contributed by atoms with Crippen LogP contribution in [0.5, 0.6) is 5.75 Å². The Morgan fingerprint density at radius 3 is 2.60 bits per heavy atom. The molecule has 3 aromatic rings. The highest BCUT2D eigenvalue weighted by Gasteiger charge is 2.13. The molecule has 0 fully saturated rings. The lowest BCUT2D eigenvalue weighted by Crippen LogP contribution is -2.26. The Balaban J connectivity index is 1.70. The van der Waals surface area contributed by atoms with Crippen LogP contribution < -0.4 is 10.1 Å². The first-order chi connectivity index (χ1) is 12.1. The summed E-state index contributed by atoms with van der Waals surface area (Å²) in [6.45, 7) is 1.96. The summed E-state index contributed by atoms with van der Waals surface area (Å²) in [4.78, 5) is 16.5. The van der Waals surface area contributed by atoms with Crippen molar-refractivity contribution in [2.75, 3.05) is 7.11 Å². The van der Waals surface area contributed by atoms with Gasteiger partial charge in [0.15, 0.2) is 0 Å². The highest BCUT2D eigenvalue weighted by molar-refractivity contribution is 9.10. The first-order valence-corrected chi connectivity index (χ1v) is 8.60. The van der Waals surface area contributed by atoms with Crippen molar-refractivity contribution < 1.29 is 9.53 Å². The van der Waals surface area contributed by atoms with Crippen molar-refractivity contribution in [3.8, 4) is 11.4 Å². The Labute approximate surface area is 154 Å². The summed E-state index contributed by atoms with van der Waals surface area (Å²) < 4.78 is 7.87. The number of rotatable bonds is 5. The number of nitrogens with zero attached hydrogens (tertiary/aromatic N) is 2. The summed E-state index contributed by atoms with van der Waals surface area (Å²) in [5.41, 5.74) is 2.64. The standard InChI is InChI=1S/C19H18BrN3O2/c1-13(14-3-6-16(7-4-14)23-10-9-21-12-23)22-19(24)15-5-8-18(25-2)17(20)11-15/h3-13H,1-2H3,(H,22,24). The molecule has 2 aromatic carbocycles. The maximum atomic E-state index is 12.4. The molecule has 0 aliphatic carbocycles. The molecule has 0 spiro atoms. The molecule has 6 heteroatoms. The van der Waals surface area contributed by atoms with E-state index in [9.17, 15) is 4.79 Å². The Morgan fingerprint density at radius 2 is 2.00 bits per heavy atom. The van der Waals surface area contributed by atoms with E-state index in [-0.39, 0.29) is 11.9 Å². The van der Waals surface area contributed by atoms with E-state index in [4.69, 9.17) is 4.74 Å². The van der Waals surface area contributed by atoms with Crippen LogP contribution in [0.15, 0.2) is 65.7 Å². The van der Waals surface area contributed by atoms with Gasteiger partial charge in [0.1, 0.15) is 5.75 Å². The van der Waals surface area contributed by atoms with E-state index in [2.05, 4.69) is 26.2 Å². The number of hydrogen-bond acceptors (Lipinski definition) is 3. The quantitative estimate of drug-likeness (QED) is 0.701. The van der Waals surface area contributed by atoms with Crippen LogP contribution in [0.1, 0.15) is 28.9 Å². The third-order valence-corrected chi connectivity index (χ3v) is 4.58. The lowest BCUT2D eigenvalue weighted by Gasteiger charge is -2.15. The number of hydrogen-bond donors (Lipinski definition) is 1. The van der Waals surface area contributed by atoms with Gasteiger partial charge in [-0.25, -0.2) is 4.98 Å². The highest BCUT2D eigenvalue weighted by atomic mass is 79.9. The molecule has 0 radical (unpaired) electrons.